The Kier molecular flexibility index (Phi) is 3.88. The van der Waals surface area contributed by atoms with Crippen LogP contribution < -0.4 is 16.2 Å². The number of nitrogens with one attached hydrogen (secondary N) is 3. The van der Waals surface area contributed by atoms with E-state index in [9.17, 15) is 4.79 Å². The third kappa shape index (κ3) is 2.84. The van der Waals surface area contributed by atoms with Crippen LogP contribution in [-0.4, -0.2) is 21.6 Å². The van der Waals surface area contributed by atoms with Crippen LogP contribution in [0.1, 0.15) is 13.3 Å². The minimum Gasteiger partial charge on any atom is -0.362 e. The van der Waals surface area contributed by atoms with E-state index in [1.54, 1.807) is 12.1 Å². The third-order valence-corrected chi connectivity index (χ3v) is 2.68. The highest BCUT2D eigenvalue weighted by Crippen LogP contribution is 2.13. The number of fused-ring (bicyclic) bond motifs is 1. The van der Waals surface area contributed by atoms with E-state index in [1.165, 1.54) is 6.33 Å². The maximum Gasteiger partial charge on any atom is 0.258 e. The van der Waals surface area contributed by atoms with Crippen LogP contribution in [-0.2, 0) is 0 Å². The number of hydrogen-bond donors (Lipinski definition) is 3. The monoisotopic (exact) mass is 262 g/mol. The minimum atomic E-state index is -0.156. The van der Waals surface area contributed by atoms with Crippen LogP contribution in [0.4, 0.5) is 5.69 Å². The van der Waals surface area contributed by atoms with Crippen molar-refractivity contribution >= 4 is 33.9 Å². The summed E-state index contributed by atoms with van der Waals surface area (Å²) in [6.07, 6.45) is 2.40. The second-order valence-corrected chi connectivity index (χ2v) is 4.25. The zero-order valence-corrected chi connectivity index (χ0v) is 10.8. The first kappa shape index (κ1) is 12.5. The van der Waals surface area contributed by atoms with Gasteiger partial charge < -0.3 is 15.6 Å². The number of thiocarbonyl (C=S) groups is 1. The number of nitrogens with zero attached hydrogens (tertiary/aromatic N) is 1. The fraction of sp³-hybridized carbons (Fsp3) is 0.250. The Morgan fingerprint density at radius 2 is 2.33 bits per heavy atom. The molecule has 0 radical (unpaired) electrons. The van der Waals surface area contributed by atoms with Crippen LogP contribution in [0.15, 0.2) is 29.3 Å². The molecular formula is C12H14N4OS. The number of rotatable bonds is 3. The molecule has 0 aliphatic heterocycles. The molecule has 0 saturated carbocycles. The quantitative estimate of drug-likeness (QED) is 0.733. The van der Waals surface area contributed by atoms with E-state index in [-0.39, 0.29) is 5.56 Å². The zero-order chi connectivity index (χ0) is 13.0. The summed E-state index contributed by atoms with van der Waals surface area (Å²) in [7, 11) is 0. The van der Waals surface area contributed by atoms with E-state index < -0.39 is 0 Å². The first-order valence-corrected chi connectivity index (χ1v) is 6.14. The Morgan fingerprint density at radius 3 is 3.11 bits per heavy atom. The van der Waals surface area contributed by atoms with Crippen LogP contribution >= 0.6 is 12.2 Å². The normalized spacial score (nSPS) is 10.3. The van der Waals surface area contributed by atoms with Crippen molar-refractivity contribution in [1.29, 1.82) is 0 Å². The lowest BCUT2D eigenvalue weighted by Crippen LogP contribution is -2.28. The smallest absolute Gasteiger partial charge is 0.258 e. The predicted molar refractivity (Wildman–Crippen MR) is 76.9 cm³/mol. The molecule has 0 bridgehead atoms. The molecule has 5 nitrogen and oxygen atoms in total. The van der Waals surface area contributed by atoms with Gasteiger partial charge >= 0.3 is 0 Å². The predicted octanol–water partition coefficient (Wildman–Crippen LogP) is 1.62. The molecule has 0 spiro atoms. The van der Waals surface area contributed by atoms with Gasteiger partial charge in [-0.3, -0.25) is 4.79 Å². The Morgan fingerprint density at radius 1 is 1.50 bits per heavy atom. The summed E-state index contributed by atoms with van der Waals surface area (Å²) in [4.78, 5) is 18.2. The maximum absolute atomic E-state index is 11.6. The molecule has 1 heterocycles. The molecule has 0 saturated heterocycles. The zero-order valence-electron chi connectivity index (χ0n) is 9.99. The van der Waals surface area contributed by atoms with Crippen LogP contribution in [0.3, 0.4) is 0 Å². The highest BCUT2D eigenvalue weighted by Gasteiger charge is 2.02. The Balaban J connectivity index is 2.22. The number of benzene rings is 1. The summed E-state index contributed by atoms with van der Waals surface area (Å²) in [5, 5.41) is 7.19. The van der Waals surface area contributed by atoms with E-state index in [0.717, 1.165) is 18.7 Å². The first-order chi connectivity index (χ1) is 8.70. The van der Waals surface area contributed by atoms with E-state index in [4.69, 9.17) is 12.2 Å². The highest BCUT2D eigenvalue weighted by molar-refractivity contribution is 7.80. The van der Waals surface area contributed by atoms with Gasteiger partial charge in [-0.15, -0.1) is 0 Å². The van der Waals surface area contributed by atoms with E-state index in [2.05, 4.69) is 27.5 Å². The number of H-pyrrole nitrogens is 1. The van der Waals surface area contributed by atoms with Gasteiger partial charge in [0, 0.05) is 12.2 Å². The molecule has 0 aliphatic carbocycles. The summed E-state index contributed by atoms with van der Waals surface area (Å²) < 4.78 is 0. The van der Waals surface area contributed by atoms with Gasteiger partial charge in [-0.05, 0) is 36.8 Å². The number of anilines is 1. The molecule has 3 N–H and O–H groups in total. The van der Waals surface area contributed by atoms with Crippen molar-refractivity contribution < 1.29 is 0 Å². The second-order valence-electron chi connectivity index (χ2n) is 3.84. The van der Waals surface area contributed by atoms with Gasteiger partial charge in [-0.1, -0.05) is 6.92 Å². The molecule has 1 aromatic heterocycles. The molecule has 0 unspecified atom stereocenters. The summed E-state index contributed by atoms with van der Waals surface area (Å²) >= 11 is 5.13. The molecule has 1 aromatic carbocycles. The second kappa shape index (κ2) is 5.59. The molecule has 2 rings (SSSR count). The van der Waals surface area contributed by atoms with Crippen molar-refractivity contribution in [2.24, 2.45) is 0 Å². The standard InChI is InChI=1S/C12H14N4OS/c1-2-5-13-12(18)16-8-3-4-10-9(6-8)11(17)15-7-14-10/h3-4,6-7H,2,5H2,1H3,(H2,13,16,18)(H,14,15,17). The summed E-state index contributed by atoms with van der Waals surface area (Å²) in [6, 6.07) is 5.37. The SMILES string of the molecule is CCCNC(=S)Nc1ccc2nc[nH]c(=O)c2c1. The maximum atomic E-state index is 11.6. The Bertz CT molecular complexity index is 623. The largest absolute Gasteiger partial charge is 0.362 e. The van der Waals surface area contributed by atoms with Crippen molar-refractivity contribution in [3.05, 3.63) is 34.9 Å². The lowest BCUT2D eigenvalue weighted by Gasteiger charge is -2.09. The number of aromatic amines is 1. The molecule has 2 aromatic rings. The lowest BCUT2D eigenvalue weighted by molar-refractivity contribution is 0.846. The van der Waals surface area contributed by atoms with Gasteiger partial charge in [0.2, 0.25) is 0 Å². The summed E-state index contributed by atoms with van der Waals surface area (Å²) in [5.41, 5.74) is 1.28. The molecule has 0 amide bonds. The van der Waals surface area contributed by atoms with E-state index in [0.29, 0.717) is 16.0 Å². The van der Waals surface area contributed by atoms with Crippen molar-refractivity contribution in [3.63, 3.8) is 0 Å². The molecule has 18 heavy (non-hydrogen) atoms. The number of hydrogen-bond acceptors (Lipinski definition) is 3. The average Bonchev–Trinajstić information content (AvgIpc) is 2.37. The van der Waals surface area contributed by atoms with Crippen LogP contribution in [0, 0.1) is 0 Å². The van der Waals surface area contributed by atoms with Crippen molar-refractivity contribution in [1.82, 2.24) is 15.3 Å². The van der Waals surface area contributed by atoms with Crippen molar-refractivity contribution in [2.75, 3.05) is 11.9 Å². The summed E-state index contributed by atoms with van der Waals surface area (Å²) in [5.74, 6) is 0. The molecule has 0 aliphatic rings. The average molecular weight is 262 g/mol. The fourth-order valence-electron chi connectivity index (χ4n) is 1.56. The molecular weight excluding hydrogens is 248 g/mol. The van der Waals surface area contributed by atoms with Gasteiger partial charge in [-0.25, -0.2) is 4.98 Å². The van der Waals surface area contributed by atoms with Crippen molar-refractivity contribution in [3.8, 4) is 0 Å². The third-order valence-electron chi connectivity index (χ3n) is 2.43. The van der Waals surface area contributed by atoms with Crippen LogP contribution in [0.25, 0.3) is 10.9 Å². The minimum absolute atomic E-state index is 0.156. The summed E-state index contributed by atoms with van der Waals surface area (Å²) in [6.45, 7) is 2.89. The van der Waals surface area contributed by atoms with Gasteiger partial charge in [0.1, 0.15) is 0 Å². The lowest BCUT2D eigenvalue weighted by atomic mass is 10.2. The highest BCUT2D eigenvalue weighted by atomic mass is 32.1. The first-order valence-electron chi connectivity index (χ1n) is 5.73. The van der Waals surface area contributed by atoms with Gasteiger partial charge in [0.15, 0.2) is 5.11 Å². The Hall–Kier alpha value is -1.95. The topological polar surface area (TPSA) is 69.8 Å². The molecule has 6 heteroatoms. The number of aromatic nitrogens is 2. The van der Waals surface area contributed by atoms with E-state index >= 15 is 0 Å². The van der Waals surface area contributed by atoms with E-state index in [1.807, 2.05) is 6.07 Å². The fourth-order valence-corrected chi connectivity index (χ4v) is 1.78. The van der Waals surface area contributed by atoms with Crippen LogP contribution in [0.5, 0.6) is 0 Å². The van der Waals surface area contributed by atoms with Crippen LogP contribution in [0.2, 0.25) is 0 Å². The van der Waals surface area contributed by atoms with Gasteiger partial charge in [0.25, 0.3) is 5.56 Å². The molecule has 0 fully saturated rings. The Labute approximate surface area is 110 Å². The molecule has 0 atom stereocenters. The van der Waals surface area contributed by atoms with Crippen molar-refractivity contribution in [2.45, 2.75) is 13.3 Å². The van der Waals surface area contributed by atoms with Gasteiger partial charge in [0.05, 0.1) is 17.2 Å². The molecule has 94 valence electrons. The van der Waals surface area contributed by atoms with Gasteiger partial charge in [-0.2, -0.15) is 0 Å².